The van der Waals surface area contributed by atoms with Crippen LogP contribution in [0.1, 0.15) is 25.1 Å². The van der Waals surface area contributed by atoms with Gasteiger partial charge in [-0.25, -0.2) is 9.97 Å². The SMILES string of the molecule is CC1(C)c2ccccc2-c2cc3c(nc21)c1ccccc1n3-c1ccc(-c2nc3ccccc3n2-c2ccccc2)cc1. The third-order valence-corrected chi connectivity index (χ3v) is 9.08. The van der Waals surface area contributed by atoms with Crippen molar-refractivity contribution in [2.45, 2.75) is 19.3 Å². The van der Waals surface area contributed by atoms with Gasteiger partial charge in [-0.15, -0.1) is 0 Å². The Hall–Kier alpha value is -5.48. The molecule has 0 saturated carbocycles. The minimum Gasteiger partial charge on any atom is -0.308 e. The molecule has 0 bridgehead atoms. The van der Waals surface area contributed by atoms with Gasteiger partial charge in [-0.1, -0.05) is 86.6 Å². The number of fused-ring (bicyclic) bond motifs is 7. The van der Waals surface area contributed by atoms with Crippen molar-refractivity contribution in [2.24, 2.45) is 0 Å². The number of hydrogen-bond donors (Lipinski definition) is 0. The van der Waals surface area contributed by atoms with Crippen molar-refractivity contribution in [3.05, 3.63) is 145 Å². The number of rotatable bonds is 3. The fraction of sp³-hybridized carbons (Fsp3) is 0.0769. The van der Waals surface area contributed by atoms with Gasteiger partial charge in [0.05, 0.1) is 33.3 Å². The first-order chi connectivity index (χ1) is 21.1. The minimum atomic E-state index is -0.144. The highest BCUT2D eigenvalue weighted by molar-refractivity contribution is 6.08. The van der Waals surface area contributed by atoms with Gasteiger partial charge in [0.2, 0.25) is 0 Å². The van der Waals surface area contributed by atoms with E-state index in [1.807, 2.05) is 12.1 Å². The van der Waals surface area contributed by atoms with Crippen LogP contribution in [0.25, 0.3) is 66.9 Å². The van der Waals surface area contributed by atoms with E-state index in [0.29, 0.717) is 0 Å². The highest BCUT2D eigenvalue weighted by Crippen LogP contribution is 2.49. The van der Waals surface area contributed by atoms with Gasteiger partial charge in [0.25, 0.3) is 0 Å². The summed E-state index contributed by atoms with van der Waals surface area (Å²) in [6, 6.07) is 47.3. The Balaban J connectivity index is 1.25. The van der Waals surface area contributed by atoms with Crippen LogP contribution in [0.5, 0.6) is 0 Å². The van der Waals surface area contributed by atoms with Crippen LogP contribution < -0.4 is 0 Å². The van der Waals surface area contributed by atoms with Gasteiger partial charge in [0.15, 0.2) is 0 Å². The van der Waals surface area contributed by atoms with Crippen LogP contribution in [0.15, 0.2) is 133 Å². The monoisotopic (exact) mass is 552 g/mol. The quantitative estimate of drug-likeness (QED) is 0.219. The van der Waals surface area contributed by atoms with Gasteiger partial charge >= 0.3 is 0 Å². The summed E-state index contributed by atoms with van der Waals surface area (Å²) in [6.45, 7) is 4.58. The molecular weight excluding hydrogens is 524 g/mol. The number of imidazole rings is 1. The van der Waals surface area contributed by atoms with Gasteiger partial charge in [-0.3, -0.25) is 4.57 Å². The van der Waals surface area contributed by atoms with E-state index >= 15 is 0 Å². The highest BCUT2D eigenvalue weighted by Gasteiger charge is 2.37. The Morgan fingerprint density at radius 1 is 0.535 bits per heavy atom. The lowest BCUT2D eigenvalue weighted by Gasteiger charge is -2.20. The zero-order valence-corrected chi connectivity index (χ0v) is 24.0. The van der Waals surface area contributed by atoms with Crippen molar-refractivity contribution < 1.29 is 0 Å². The second kappa shape index (κ2) is 8.76. The van der Waals surface area contributed by atoms with Crippen molar-refractivity contribution in [2.75, 3.05) is 0 Å². The maximum absolute atomic E-state index is 5.40. The summed E-state index contributed by atoms with van der Waals surface area (Å²) < 4.78 is 4.60. The molecule has 0 amide bonds. The van der Waals surface area contributed by atoms with E-state index < -0.39 is 0 Å². The van der Waals surface area contributed by atoms with Crippen molar-refractivity contribution in [3.8, 4) is 33.9 Å². The summed E-state index contributed by atoms with van der Waals surface area (Å²) in [6.07, 6.45) is 0. The maximum atomic E-state index is 5.40. The molecule has 43 heavy (non-hydrogen) atoms. The molecule has 1 aliphatic rings. The Labute approximate surface area is 249 Å². The molecule has 4 nitrogen and oxygen atoms in total. The Morgan fingerprint density at radius 2 is 1.21 bits per heavy atom. The van der Waals surface area contributed by atoms with Gasteiger partial charge < -0.3 is 4.57 Å². The molecular formula is C39H28N4. The molecule has 8 aromatic rings. The Kier molecular flexibility index (Phi) is 4.92. The summed E-state index contributed by atoms with van der Waals surface area (Å²) in [5.41, 5.74) is 13.5. The highest BCUT2D eigenvalue weighted by atomic mass is 15.1. The lowest BCUT2D eigenvalue weighted by atomic mass is 9.85. The van der Waals surface area contributed by atoms with E-state index in [1.165, 1.54) is 22.1 Å². The molecule has 0 radical (unpaired) electrons. The molecule has 3 heterocycles. The predicted octanol–water partition coefficient (Wildman–Crippen LogP) is 9.49. The van der Waals surface area contributed by atoms with Crippen molar-refractivity contribution >= 4 is 33.0 Å². The average Bonchev–Trinajstić information content (AvgIpc) is 3.67. The van der Waals surface area contributed by atoms with E-state index in [0.717, 1.165) is 56.0 Å². The van der Waals surface area contributed by atoms with Crippen LogP contribution in [0, 0.1) is 0 Å². The smallest absolute Gasteiger partial charge is 0.145 e. The first-order valence-electron chi connectivity index (χ1n) is 14.8. The van der Waals surface area contributed by atoms with Crippen LogP contribution in [0.3, 0.4) is 0 Å². The zero-order chi connectivity index (χ0) is 28.7. The molecule has 0 aliphatic heterocycles. The number of nitrogens with zero attached hydrogens (tertiary/aromatic N) is 4. The van der Waals surface area contributed by atoms with E-state index in [9.17, 15) is 0 Å². The molecule has 0 saturated heterocycles. The first-order valence-corrected chi connectivity index (χ1v) is 14.8. The second-order valence-corrected chi connectivity index (χ2v) is 11.9. The molecule has 0 fully saturated rings. The third-order valence-electron chi connectivity index (χ3n) is 9.08. The zero-order valence-electron chi connectivity index (χ0n) is 24.0. The van der Waals surface area contributed by atoms with Crippen LogP contribution in [0.2, 0.25) is 0 Å². The van der Waals surface area contributed by atoms with Gasteiger partial charge in [0.1, 0.15) is 5.82 Å². The van der Waals surface area contributed by atoms with E-state index in [-0.39, 0.29) is 5.41 Å². The molecule has 1 aliphatic carbocycles. The number of hydrogen-bond acceptors (Lipinski definition) is 2. The topological polar surface area (TPSA) is 35.6 Å². The number of benzene rings is 5. The van der Waals surface area contributed by atoms with Crippen LogP contribution in [-0.2, 0) is 5.41 Å². The summed E-state index contributed by atoms with van der Waals surface area (Å²) >= 11 is 0. The number of aromatic nitrogens is 4. The fourth-order valence-electron chi connectivity index (χ4n) is 7.04. The molecule has 0 atom stereocenters. The summed E-state index contributed by atoms with van der Waals surface area (Å²) in [7, 11) is 0. The standard InChI is InChI=1S/C39H28N4/c1-39(2)31-16-8-6-14-28(31)30-24-35-36(41-37(30)39)29-15-7-10-18-33(29)42(35)27-22-20-25(21-23-27)38-40-32-17-9-11-19-34(32)43(38)26-12-4-3-5-13-26/h3-24H,1-2H3. The molecule has 3 aromatic heterocycles. The van der Waals surface area contributed by atoms with E-state index in [2.05, 4.69) is 144 Å². The normalized spacial score (nSPS) is 13.5. The summed E-state index contributed by atoms with van der Waals surface area (Å²) in [4.78, 5) is 10.5. The fourth-order valence-corrected chi connectivity index (χ4v) is 7.04. The number of para-hydroxylation sites is 4. The average molecular weight is 553 g/mol. The second-order valence-electron chi connectivity index (χ2n) is 11.9. The molecule has 0 N–H and O–H groups in total. The van der Waals surface area contributed by atoms with Crippen LogP contribution in [0.4, 0.5) is 0 Å². The van der Waals surface area contributed by atoms with Gasteiger partial charge in [-0.05, 0) is 71.8 Å². The molecule has 4 heteroatoms. The molecule has 9 rings (SSSR count). The Morgan fingerprint density at radius 3 is 2.05 bits per heavy atom. The largest absolute Gasteiger partial charge is 0.308 e. The van der Waals surface area contributed by atoms with Crippen molar-refractivity contribution in [3.63, 3.8) is 0 Å². The first kappa shape index (κ1) is 24.2. The number of pyridine rings is 1. The minimum absolute atomic E-state index is 0.144. The van der Waals surface area contributed by atoms with Crippen LogP contribution >= 0.6 is 0 Å². The van der Waals surface area contributed by atoms with Crippen molar-refractivity contribution in [1.29, 1.82) is 0 Å². The molecule has 0 spiro atoms. The third kappa shape index (κ3) is 3.38. The Bertz CT molecular complexity index is 2360. The van der Waals surface area contributed by atoms with Gasteiger partial charge in [0, 0.05) is 33.3 Å². The molecule has 5 aromatic carbocycles. The lowest BCUT2D eigenvalue weighted by Crippen LogP contribution is -2.16. The van der Waals surface area contributed by atoms with Crippen molar-refractivity contribution in [1.82, 2.24) is 19.1 Å². The lowest BCUT2D eigenvalue weighted by molar-refractivity contribution is 0.640. The maximum Gasteiger partial charge on any atom is 0.145 e. The predicted molar refractivity (Wildman–Crippen MR) is 176 cm³/mol. The summed E-state index contributed by atoms with van der Waals surface area (Å²) in [5, 5.41) is 1.17. The molecule has 0 unspecified atom stereocenters. The van der Waals surface area contributed by atoms with Crippen LogP contribution in [-0.4, -0.2) is 19.1 Å². The van der Waals surface area contributed by atoms with E-state index in [1.54, 1.807) is 0 Å². The van der Waals surface area contributed by atoms with Gasteiger partial charge in [-0.2, -0.15) is 0 Å². The molecule has 204 valence electrons. The summed E-state index contributed by atoms with van der Waals surface area (Å²) in [5.74, 6) is 0.930. The van der Waals surface area contributed by atoms with E-state index in [4.69, 9.17) is 9.97 Å².